The maximum Gasteiger partial charge on any atom is 0.128 e. The van der Waals surface area contributed by atoms with Crippen molar-refractivity contribution < 1.29 is 18.9 Å². The summed E-state index contributed by atoms with van der Waals surface area (Å²) in [5.74, 6) is 3.53. The average molecular weight is 621 g/mol. The normalized spacial score (nSPS) is 14.2. The molecular formula is C44H28O4. The summed E-state index contributed by atoms with van der Waals surface area (Å²) in [5, 5.41) is 18.1. The Kier molecular flexibility index (Phi) is 5.31. The standard InChI is InChI=1S/C44H28O4/c1-3-29-23-35-25(1)7-13-39-43(35)44-36-24-30(4-2-26(36)8-14-40(44)48-20-19-47-39)28-6-12-34-32(22-28)10-16-38-42(34)41-33-11-5-27(29)21-31(33)9-15-37(41)45-17-18-46-38/h1-16,21-24H,17-20H2. The Morgan fingerprint density at radius 3 is 0.958 bits per heavy atom. The first-order valence-electron chi connectivity index (χ1n) is 16.6. The fraction of sp³-hybridized carbons (Fsp3) is 0.0909. The fourth-order valence-corrected chi connectivity index (χ4v) is 8.06. The van der Waals surface area contributed by atoms with Crippen molar-refractivity contribution in [1.29, 1.82) is 0 Å². The van der Waals surface area contributed by atoms with Gasteiger partial charge in [0.25, 0.3) is 0 Å². The Labute approximate surface area is 275 Å². The molecule has 14 rings (SSSR count). The molecule has 0 saturated carbocycles. The third-order valence-corrected chi connectivity index (χ3v) is 10.3. The van der Waals surface area contributed by atoms with Gasteiger partial charge in [-0.3, -0.25) is 0 Å². The Morgan fingerprint density at radius 2 is 0.542 bits per heavy atom. The summed E-state index contributed by atoms with van der Waals surface area (Å²) in [6.45, 7) is 1.96. The van der Waals surface area contributed by atoms with Crippen LogP contribution in [0.1, 0.15) is 0 Å². The summed E-state index contributed by atoms with van der Waals surface area (Å²) < 4.78 is 25.5. The average Bonchev–Trinajstić information content (AvgIpc) is 3.11. The molecule has 48 heavy (non-hydrogen) atoms. The zero-order valence-corrected chi connectivity index (χ0v) is 26.0. The first kappa shape index (κ1) is 26.1. The van der Waals surface area contributed by atoms with Crippen LogP contribution in [0.15, 0.2) is 121 Å². The van der Waals surface area contributed by atoms with Crippen LogP contribution in [0.4, 0.5) is 0 Å². The quantitative estimate of drug-likeness (QED) is 0.169. The fourth-order valence-electron chi connectivity index (χ4n) is 8.06. The lowest BCUT2D eigenvalue weighted by Crippen LogP contribution is -2.11. The smallest absolute Gasteiger partial charge is 0.128 e. The van der Waals surface area contributed by atoms with E-state index in [1.54, 1.807) is 0 Å². The molecule has 0 radical (unpaired) electrons. The molecule has 4 heteroatoms. The van der Waals surface area contributed by atoms with Crippen molar-refractivity contribution in [3.8, 4) is 23.0 Å². The number of ether oxygens (including phenoxy) is 4. The molecule has 0 fully saturated rings. The van der Waals surface area contributed by atoms with Gasteiger partial charge in [0.15, 0.2) is 0 Å². The van der Waals surface area contributed by atoms with Crippen molar-refractivity contribution >= 4 is 86.2 Å². The minimum atomic E-state index is 0.486. The van der Waals surface area contributed by atoms with Gasteiger partial charge < -0.3 is 18.9 Å². The molecule has 12 bridgehead atoms. The molecule has 0 N–H and O–H groups in total. The first-order valence-corrected chi connectivity index (χ1v) is 16.6. The van der Waals surface area contributed by atoms with E-state index >= 15 is 0 Å². The van der Waals surface area contributed by atoms with Gasteiger partial charge in [0.1, 0.15) is 49.4 Å². The zero-order valence-electron chi connectivity index (χ0n) is 26.0. The van der Waals surface area contributed by atoms with Crippen LogP contribution < -0.4 is 18.9 Å². The van der Waals surface area contributed by atoms with Crippen LogP contribution in [0.2, 0.25) is 0 Å². The molecule has 0 unspecified atom stereocenters. The van der Waals surface area contributed by atoms with Crippen LogP contribution in [0.5, 0.6) is 23.0 Å². The predicted molar refractivity (Wildman–Crippen MR) is 197 cm³/mol. The third-order valence-electron chi connectivity index (χ3n) is 10.3. The lowest BCUT2D eigenvalue weighted by Gasteiger charge is -2.19. The summed E-state index contributed by atoms with van der Waals surface area (Å²) >= 11 is 0. The van der Waals surface area contributed by atoms with Crippen LogP contribution in [-0.4, -0.2) is 26.4 Å². The maximum absolute atomic E-state index is 6.41. The van der Waals surface area contributed by atoms with Crippen LogP contribution in [0, 0.1) is 0 Å². The van der Waals surface area contributed by atoms with Gasteiger partial charge in [-0.15, -0.1) is 0 Å². The molecule has 0 atom stereocenters. The monoisotopic (exact) mass is 620 g/mol. The largest absolute Gasteiger partial charge is 0.489 e. The number of hydrogen-bond acceptors (Lipinski definition) is 4. The highest BCUT2D eigenvalue weighted by atomic mass is 16.5. The minimum Gasteiger partial charge on any atom is -0.489 e. The molecule has 12 aromatic carbocycles. The molecule has 0 aromatic heterocycles. The van der Waals surface area contributed by atoms with Gasteiger partial charge in [-0.1, -0.05) is 72.8 Å². The highest BCUT2D eigenvalue weighted by Crippen LogP contribution is 2.44. The van der Waals surface area contributed by atoms with Crippen LogP contribution in [0.25, 0.3) is 86.2 Å². The Balaban J connectivity index is 1.43. The maximum atomic E-state index is 6.41. The molecular weight excluding hydrogens is 592 g/mol. The molecule has 2 heterocycles. The number of rotatable bonds is 0. The van der Waals surface area contributed by atoms with E-state index in [0.717, 1.165) is 109 Å². The molecule has 228 valence electrons. The molecule has 2 aliphatic heterocycles. The summed E-state index contributed by atoms with van der Waals surface area (Å²) in [7, 11) is 0. The first-order chi connectivity index (χ1) is 23.8. The minimum absolute atomic E-state index is 0.486. The predicted octanol–water partition coefficient (Wildman–Crippen LogP) is 11.0. The van der Waals surface area contributed by atoms with E-state index in [1.165, 1.54) is 0 Å². The van der Waals surface area contributed by atoms with E-state index in [9.17, 15) is 0 Å². The Morgan fingerprint density at radius 1 is 0.250 bits per heavy atom. The second-order valence-corrected chi connectivity index (χ2v) is 12.9. The summed E-state index contributed by atoms with van der Waals surface area (Å²) in [6.07, 6.45) is 0. The highest BCUT2D eigenvalue weighted by molar-refractivity contribution is 6.24. The van der Waals surface area contributed by atoms with Gasteiger partial charge in [-0.25, -0.2) is 0 Å². The van der Waals surface area contributed by atoms with E-state index in [2.05, 4.69) is 121 Å². The molecule has 12 aromatic rings. The Hall–Kier alpha value is -6.00. The van der Waals surface area contributed by atoms with Gasteiger partial charge in [0, 0.05) is 21.5 Å². The van der Waals surface area contributed by atoms with Crippen LogP contribution in [0.3, 0.4) is 0 Å². The molecule has 0 amide bonds. The topological polar surface area (TPSA) is 36.9 Å². The van der Waals surface area contributed by atoms with E-state index < -0.39 is 0 Å². The van der Waals surface area contributed by atoms with Crippen LogP contribution >= 0.6 is 0 Å². The zero-order chi connectivity index (χ0) is 31.3. The molecule has 4 nitrogen and oxygen atoms in total. The lowest BCUT2D eigenvalue weighted by molar-refractivity contribution is 0.218. The van der Waals surface area contributed by atoms with Gasteiger partial charge >= 0.3 is 0 Å². The van der Waals surface area contributed by atoms with Crippen molar-refractivity contribution in [3.63, 3.8) is 0 Å². The molecule has 0 aliphatic carbocycles. The van der Waals surface area contributed by atoms with E-state index in [0.29, 0.717) is 26.4 Å². The summed E-state index contributed by atoms with van der Waals surface area (Å²) in [5.41, 5.74) is 0. The van der Waals surface area contributed by atoms with E-state index in [-0.39, 0.29) is 0 Å². The van der Waals surface area contributed by atoms with Gasteiger partial charge in [0.05, 0.1) is 0 Å². The van der Waals surface area contributed by atoms with Crippen molar-refractivity contribution in [2.45, 2.75) is 0 Å². The second-order valence-electron chi connectivity index (χ2n) is 12.9. The van der Waals surface area contributed by atoms with E-state index in [1.807, 2.05) is 0 Å². The number of benzene rings is 8. The van der Waals surface area contributed by atoms with Gasteiger partial charge in [-0.05, 0) is 113 Å². The van der Waals surface area contributed by atoms with Crippen molar-refractivity contribution in [2.75, 3.05) is 26.4 Å². The molecule has 0 saturated heterocycles. The summed E-state index contributed by atoms with van der Waals surface area (Å²) in [6, 6.07) is 44.3. The lowest BCUT2D eigenvalue weighted by atomic mass is 9.94. The van der Waals surface area contributed by atoms with Crippen LogP contribution in [-0.2, 0) is 0 Å². The molecule has 2 aliphatic rings. The number of hydrogen-bond donors (Lipinski definition) is 0. The van der Waals surface area contributed by atoms with E-state index in [4.69, 9.17) is 18.9 Å². The van der Waals surface area contributed by atoms with Crippen molar-refractivity contribution in [3.05, 3.63) is 121 Å². The highest BCUT2D eigenvalue weighted by Gasteiger charge is 2.18. The Bertz CT molecular complexity index is 2710. The van der Waals surface area contributed by atoms with Crippen molar-refractivity contribution in [2.24, 2.45) is 0 Å². The second kappa shape index (κ2) is 9.76. The van der Waals surface area contributed by atoms with Gasteiger partial charge in [-0.2, -0.15) is 0 Å². The molecule has 0 spiro atoms. The van der Waals surface area contributed by atoms with Gasteiger partial charge in [0.2, 0.25) is 0 Å². The summed E-state index contributed by atoms with van der Waals surface area (Å²) in [4.78, 5) is 0. The van der Waals surface area contributed by atoms with Crippen molar-refractivity contribution in [1.82, 2.24) is 0 Å². The third kappa shape index (κ3) is 3.71. The SMILES string of the molecule is c1cc2cc3ccc2c2c1OCCOc1ccc4cc(ccc4c12)c1ccc2ccc4c(c2c1)c1c(ccc2ccc3cc21)OCCO4.